The monoisotopic (exact) mass is 302 g/mol. The Labute approximate surface area is 127 Å². The van der Waals surface area contributed by atoms with Crippen molar-refractivity contribution in [3.63, 3.8) is 0 Å². The molecule has 0 bridgehead atoms. The van der Waals surface area contributed by atoms with Gasteiger partial charge in [-0.25, -0.2) is 0 Å². The van der Waals surface area contributed by atoms with Gasteiger partial charge in [0.15, 0.2) is 0 Å². The molecule has 2 aliphatic rings. The van der Waals surface area contributed by atoms with Crippen molar-refractivity contribution in [1.29, 1.82) is 0 Å². The number of halogens is 3. The topological polar surface area (TPSA) is 0 Å². The van der Waals surface area contributed by atoms with Crippen LogP contribution in [-0.2, 0) is 0 Å². The van der Waals surface area contributed by atoms with Gasteiger partial charge < -0.3 is 0 Å². The number of alkyl halides is 3. The predicted molar refractivity (Wildman–Crippen MR) is 81.0 cm³/mol. The van der Waals surface area contributed by atoms with Crippen LogP contribution in [0.3, 0.4) is 0 Å². The molecule has 0 heterocycles. The Morgan fingerprint density at radius 1 is 0.810 bits per heavy atom. The molecule has 2 rings (SSSR count). The molecule has 0 aromatic carbocycles. The first-order valence-corrected chi connectivity index (χ1v) is 8.74. The van der Waals surface area contributed by atoms with E-state index in [4.69, 9.17) is 0 Å². The van der Waals surface area contributed by atoms with E-state index < -0.39 is 12.1 Å². The maximum Gasteiger partial charge on any atom is 0.391 e. The molecule has 0 amide bonds. The van der Waals surface area contributed by atoms with Crippen LogP contribution in [0.15, 0.2) is 12.2 Å². The number of rotatable bonds is 4. The lowest BCUT2D eigenvalue weighted by Crippen LogP contribution is -2.27. The maximum absolute atomic E-state index is 12.6. The van der Waals surface area contributed by atoms with Gasteiger partial charge in [0, 0.05) is 0 Å². The summed E-state index contributed by atoms with van der Waals surface area (Å²) in [4.78, 5) is 0. The van der Waals surface area contributed by atoms with E-state index in [-0.39, 0.29) is 0 Å². The second-order valence-corrected chi connectivity index (χ2v) is 7.11. The van der Waals surface area contributed by atoms with Crippen LogP contribution >= 0.6 is 0 Å². The van der Waals surface area contributed by atoms with Crippen LogP contribution in [0.25, 0.3) is 0 Å². The molecule has 0 nitrogen and oxygen atoms in total. The third-order valence-corrected chi connectivity index (χ3v) is 5.48. The molecule has 0 saturated heterocycles. The maximum atomic E-state index is 12.6. The SMILES string of the molecule is CCC[C@H]1CC[C@H](/C=C/[C@H]2CC[C@H](C(F)(F)F)CC2)CC1. The van der Waals surface area contributed by atoms with Gasteiger partial charge in [0.2, 0.25) is 0 Å². The Kier molecular flexibility index (Phi) is 6.19. The first-order chi connectivity index (χ1) is 9.99. The van der Waals surface area contributed by atoms with Crippen molar-refractivity contribution < 1.29 is 13.2 Å². The normalized spacial score (nSPS) is 35.2. The molecule has 0 atom stereocenters. The van der Waals surface area contributed by atoms with Crippen LogP contribution in [0, 0.1) is 23.7 Å². The number of hydrogen-bond donors (Lipinski definition) is 0. The minimum Gasteiger partial charge on any atom is -0.171 e. The van der Waals surface area contributed by atoms with Crippen LogP contribution in [0.2, 0.25) is 0 Å². The van der Waals surface area contributed by atoms with Gasteiger partial charge >= 0.3 is 6.18 Å². The number of hydrogen-bond acceptors (Lipinski definition) is 0. The third kappa shape index (κ3) is 5.34. The molecule has 2 aliphatic carbocycles. The molecular weight excluding hydrogens is 273 g/mol. The highest BCUT2D eigenvalue weighted by Gasteiger charge is 2.40. The fourth-order valence-corrected chi connectivity index (χ4v) is 4.03. The van der Waals surface area contributed by atoms with Crippen LogP contribution < -0.4 is 0 Å². The molecule has 0 N–H and O–H groups in total. The van der Waals surface area contributed by atoms with Gasteiger partial charge in [-0.1, -0.05) is 31.9 Å². The highest BCUT2D eigenvalue weighted by atomic mass is 19.4. The Bertz CT molecular complexity index is 316. The van der Waals surface area contributed by atoms with Crippen molar-refractivity contribution in [2.75, 3.05) is 0 Å². The van der Waals surface area contributed by atoms with E-state index in [0.29, 0.717) is 37.5 Å². The average Bonchev–Trinajstić information content (AvgIpc) is 2.46. The summed E-state index contributed by atoms with van der Waals surface area (Å²) in [6.45, 7) is 2.25. The van der Waals surface area contributed by atoms with Crippen molar-refractivity contribution in [3.05, 3.63) is 12.2 Å². The molecule has 0 radical (unpaired) electrons. The molecular formula is C18H29F3. The predicted octanol–water partition coefficient (Wildman–Crippen LogP) is 6.52. The lowest BCUT2D eigenvalue weighted by atomic mass is 9.78. The first kappa shape index (κ1) is 16.9. The van der Waals surface area contributed by atoms with Gasteiger partial charge in [0.25, 0.3) is 0 Å². The Hall–Kier alpha value is -0.470. The van der Waals surface area contributed by atoms with E-state index in [2.05, 4.69) is 19.1 Å². The van der Waals surface area contributed by atoms with E-state index in [9.17, 15) is 13.2 Å². The molecule has 21 heavy (non-hydrogen) atoms. The average molecular weight is 302 g/mol. The summed E-state index contributed by atoms with van der Waals surface area (Å²) in [5.41, 5.74) is 0. The zero-order valence-electron chi connectivity index (χ0n) is 13.2. The van der Waals surface area contributed by atoms with Crippen molar-refractivity contribution >= 4 is 0 Å². The van der Waals surface area contributed by atoms with E-state index in [1.54, 1.807) is 0 Å². The summed E-state index contributed by atoms with van der Waals surface area (Å²) < 4.78 is 37.9. The van der Waals surface area contributed by atoms with Gasteiger partial charge in [-0.3, -0.25) is 0 Å². The molecule has 3 heteroatoms. The lowest BCUT2D eigenvalue weighted by Gasteiger charge is -2.29. The largest absolute Gasteiger partial charge is 0.391 e. The van der Waals surface area contributed by atoms with Crippen LogP contribution in [0.1, 0.15) is 71.1 Å². The van der Waals surface area contributed by atoms with Gasteiger partial charge in [-0.2, -0.15) is 13.2 Å². The molecule has 122 valence electrons. The second-order valence-electron chi connectivity index (χ2n) is 7.11. The fourth-order valence-electron chi connectivity index (χ4n) is 4.03. The minimum absolute atomic E-state index is 0.321. The van der Waals surface area contributed by atoms with E-state index in [1.807, 2.05) is 0 Å². The minimum atomic E-state index is -3.98. The second kappa shape index (κ2) is 7.69. The van der Waals surface area contributed by atoms with E-state index in [0.717, 1.165) is 5.92 Å². The Morgan fingerprint density at radius 2 is 1.29 bits per heavy atom. The summed E-state index contributed by atoms with van der Waals surface area (Å²) in [5, 5.41) is 0. The van der Waals surface area contributed by atoms with Gasteiger partial charge in [0.05, 0.1) is 5.92 Å². The summed E-state index contributed by atoms with van der Waals surface area (Å²) in [6.07, 6.45) is 10.5. The smallest absolute Gasteiger partial charge is 0.171 e. The van der Waals surface area contributed by atoms with E-state index in [1.165, 1.54) is 38.5 Å². The van der Waals surface area contributed by atoms with Crippen LogP contribution in [0.5, 0.6) is 0 Å². The number of allylic oxidation sites excluding steroid dienone is 2. The lowest BCUT2D eigenvalue weighted by molar-refractivity contribution is -0.183. The van der Waals surface area contributed by atoms with Crippen molar-refractivity contribution in [2.24, 2.45) is 23.7 Å². The fraction of sp³-hybridized carbons (Fsp3) is 0.889. The quantitative estimate of drug-likeness (QED) is 0.519. The summed E-state index contributed by atoms with van der Waals surface area (Å²) in [6, 6.07) is 0. The summed E-state index contributed by atoms with van der Waals surface area (Å²) in [7, 11) is 0. The zero-order valence-corrected chi connectivity index (χ0v) is 13.2. The molecule has 0 aromatic rings. The Morgan fingerprint density at radius 3 is 1.71 bits per heavy atom. The molecule has 0 aliphatic heterocycles. The summed E-state index contributed by atoms with van der Waals surface area (Å²) in [5.74, 6) is 0.934. The molecule has 2 saturated carbocycles. The molecule has 0 aromatic heterocycles. The molecule has 2 fully saturated rings. The van der Waals surface area contributed by atoms with Gasteiger partial charge in [0.1, 0.15) is 0 Å². The third-order valence-electron chi connectivity index (χ3n) is 5.48. The van der Waals surface area contributed by atoms with Crippen LogP contribution in [-0.4, -0.2) is 6.18 Å². The van der Waals surface area contributed by atoms with Crippen molar-refractivity contribution in [1.82, 2.24) is 0 Å². The highest BCUT2D eigenvalue weighted by molar-refractivity contribution is 4.96. The molecule has 0 spiro atoms. The van der Waals surface area contributed by atoms with Crippen molar-refractivity contribution in [3.8, 4) is 0 Å². The van der Waals surface area contributed by atoms with Gasteiger partial charge in [-0.15, -0.1) is 0 Å². The van der Waals surface area contributed by atoms with E-state index >= 15 is 0 Å². The Balaban J connectivity index is 1.69. The molecule has 0 unspecified atom stereocenters. The van der Waals surface area contributed by atoms with Gasteiger partial charge in [-0.05, 0) is 69.1 Å². The standard InChI is InChI=1S/C18H29F3/c1-2-3-14-4-6-15(7-5-14)8-9-16-10-12-17(13-11-16)18(19,20)21/h8-9,14-17H,2-7,10-13H2,1H3/b9-8+/t14-,15-,16-,17-. The highest BCUT2D eigenvalue weighted by Crippen LogP contribution is 2.40. The first-order valence-electron chi connectivity index (χ1n) is 8.74. The zero-order chi connectivity index (χ0) is 15.3. The summed E-state index contributed by atoms with van der Waals surface area (Å²) >= 11 is 0. The van der Waals surface area contributed by atoms with Crippen molar-refractivity contribution in [2.45, 2.75) is 77.3 Å². The van der Waals surface area contributed by atoms with Crippen LogP contribution in [0.4, 0.5) is 13.2 Å².